The summed E-state index contributed by atoms with van der Waals surface area (Å²) in [5, 5.41) is 2.35. The summed E-state index contributed by atoms with van der Waals surface area (Å²) in [7, 11) is 0. The lowest BCUT2D eigenvalue weighted by Crippen LogP contribution is -2.12. The number of benzene rings is 1. The minimum atomic E-state index is -0.0159. The Morgan fingerprint density at radius 2 is 2.12 bits per heavy atom. The van der Waals surface area contributed by atoms with Crippen molar-refractivity contribution in [3.05, 3.63) is 54.4 Å². The molecule has 0 fully saturated rings. The van der Waals surface area contributed by atoms with E-state index < -0.39 is 0 Å². The Hall–Kier alpha value is -1.67. The largest absolute Gasteiger partial charge is 0.323 e. The van der Waals surface area contributed by atoms with Crippen molar-refractivity contribution < 1.29 is 0 Å². The molecule has 0 aliphatic heterocycles. The summed E-state index contributed by atoms with van der Waals surface area (Å²) >= 11 is 0. The van der Waals surface area contributed by atoms with Gasteiger partial charge in [0.15, 0.2) is 0 Å². The fraction of sp³-hybridized carbons (Fsp3) is 0.267. The normalized spacial score (nSPS) is 12.6. The second-order valence-corrected chi connectivity index (χ2v) is 4.52. The lowest BCUT2D eigenvalue weighted by Gasteiger charge is -2.13. The predicted octanol–water partition coefficient (Wildman–Crippen LogP) is 3.59. The fourth-order valence-electron chi connectivity index (χ4n) is 1.98. The van der Waals surface area contributed by atoms with Crippen LogP contribution in [0.1, 0.15) is 31.5 Å². The molecule has 0 amide bonds. The Kier molecular flexibility index (Phi) is 3.55. The highest BCUT2D eigenvalue weighted by Crippen LogP contribution is 2.24. The summed E-state index contributed by atoms with van der Waals surface area (Å²) in [5.74, 6) is 0. The Bertz CT molecular complexity index is 526. The van der Waals surface area contributed by atoms with Crippen molar-refractivity contribution in [1.29, 1.82) is 0 Å². The number of hydrogen-bond acceptors (Lipinski definition) is 2. The topological polar surface area (TPSA) is 38.9 Å². The zero-order valence-corrected chi connectivity index (χ0v) is 10.2. The van der Waals surface area contributed by atoms with Crippen LogP contribution >= 0.6 is 0 Å². The van der Waals surface area contributed by atoms with Gasteiger partial charge in [-0.25, -0.2) is 0 Å². The summed E-state index contributed by atoms with van der Waals surface area (Å²) in [6.45, 7) is 5.94. The third-order valence-electron chi connectivity index (χ3n) is 2.94. The van der Waals surface area contributed by atoms with Crippen LogP contribution in [0, 0.1) is 0 Å². The van der Waals surface area contributed by atoms with Gasteiger partial charge in [-0.3, -0.25) is 4.98 Å². The summed E-state index contributed by atoms with van der Waals surface area (Å²) < 4.78 is 0. The average Bonchev–Trinajstić information content (AvgIpc) is 2.35. The summed E-state index contributed by atoms with van der Waals surface area (Å²) in [5.41, 5.74) is 8.36. The molecule has 1 heterocycles. The molecule has 0 spiro atoms. The molecule has 2 aromatic rings. The molecule has 0 radical (unpaired) electrons. The van der Waals surface area contributed by atoms with E-state index >= 15 is 0 Å². The maximum absolute atomic E-state index is 6.21. The second-order valence-electron chi connectivity index (χ2n) is 4.52. The molecule has 1 aromatic heterocycles. The van der Waals surface area contributed by atoms with E-state index in [9.17, 15) is 0 Å². The number of hydrogen-bond donors (Lipinski definition) is 1. The SMILES string of the molecule is C=C(C)CCC(N)c1nccc2ccccc12. The molecule has 0 saturated carbocycles. The Balaban J connectivity index is 2.31. The zero-order chi connectivity index (χ0) is 12.3. The molecule has 2 rings (SSSR count). The number of fused-ring (bicyclic) bond motifs is 1. The predicted molar refractivity (Wildman–Crippen MR) is 72.7 cm³/mol. The molecule has 2 heteroatoms. The van der Waals surface area contributed by atoms with Crippen LogP contribution in [-0.4, -0.2) is 4.98 Å². The molecule has 88 valence electrons. The number of pyridine rings is 1. The van der Waals surface area contributed by atoms with Gasteiger partial charge in [0, 0.05) is 17.6 Å². The smallest absolute Gasteiger partial charge is 0.0649 e. The molecule has 17 heavy (non-hydrogen) atoms. The van der Waals surface area contributed by atoms with Gasteiger partial charge in [-0.2, -0.15) is 0 Å². The van der Waals surface area contributed by atoms with Gasteiger partial charge in [0.1, 0.15) is 0 Å². The van der Waals surface area contributed by atoms with Gasteiger partial charge in [-0.15, -0.1) is 6.58 Å². The van der Waals surface area contributed by atoms with E-state index in [2.05, 4.69) is 23.7 Å². The molecule has 0 saturated heterocycles. The number of aromatic nitrogens is 1. The van der Waals surface area contributed by atoms with E-state index in [-0.39, 0.29) is 6.04 Å². The number of rotatable bonds is 4. The van der Waals surface area contributed by atoms with Crippen molar-refractivity contribution in [1.82, 2.24) is 4.98 Å². The first-order chi connectivity index (χ1) is 8.18. The molecule has 0 bridgehead atoms. The summed E-state index contributed by atoms with van der Waals surface area (Å²) in [4.78, 5) is 4.43. The first-order valence-corrected chi connectivity index (χ1v) is 5.92. The first-order valence-electron chi connectivity index (χ1n) is 5.92. The summed E-state index contributed by atoms with van der Waals surface area (Å²) in [6.07, 6.45) is 3.68. The van der Waals surface area contributed by atoms with Crippen molar-refractivity contribution in [3.8, 4) is 0 Å². The van der Waals surface area contributed by atoms with Crippen LogP contribution in [-0.2, 0) is 0 Å². The molecule has 1 atom stereocenters. The molecule has 2 nitrogen and oxygen atoms in total. The highest BCUT2D eigenvalue weighted by atomic mass is 14.8. The molecule has 0 aliphatic rings. The van der Waals surface area contributed by atoms with Crippen LogP contribution in [0.15, 0.2) is 48.7 Å². The molecular weight excluding hydrogens is 208 g/mol. The number of nitrogens with two attached hydrogens (primary N) is 1. The Morgan fingerprint density at radius 3 is 2.88 bits per heavy atom. The van der Waals surface area contributed by atoms with E-state index in [0.29, 0.717) is 0 Å². The quantitative estimate of drug-likeness (QED) is 0.809. The second kappa shape index (κ2) is 5.11. The minimum absolute atomic E-state index is 0.0159. The van der Waals surface area contributed by atoms with Gasteiger partial charge in [-0.1, -0.05) is 29.8 Å². The molecular formula is C15H18N2. The van der Waals surface area contributed by atoms with Crippen LogP contribution in [0.25, 0.3) is 10.8 Å². The monoisotopic (exact) mass is 226 g/mol. The third kappa shape index (κ3) is 2.71. The van der Waals surface area contributed by atoms with Crippen molar-refractivity contribution in [2.75, 3.05) is 0 Å². The maximum Gasteiger partial charge on any atom is 0.0649 e. The average molecular weight is 226 g/mol. The van der Waals surface area contributed by atoms with Crippen molar-refractivity contribution in [2.24, 2.45) is 5.73 Å². The van der Waals surface area contributed by atoms with E-state index in [4.69, 9.17) is 5.73 Å². The van der Waals surface area contributed by atoms with Gasteiger partial charge in [0.2, 0.25) is 0 Å². The summed E-state index contributed by atoms with van der Waals surface area (Å²) in [6, 6.07) is 10.2. The molecule has 1 unspecified atom stereocenters. The van der Waals surface area contributed by atoms with Gasteiger partial charge < -0.3 is 5.73 Å². The van der Waals surface area contributed by atoms with Crippen molar-refractivity contribution in [3.63, 3.8) is 0 Å². The molecule has 1 aromatic carbocycles. The highest BCUT2D eigenvalue weighted by Gasteiger charge is 2.10. The van der Waals surface area contributed by atoms with E-state index in [1.807, 2.05) is 31.3 Å². The Labute approximate surface area is 102 Å². The van der Waals surface area contributed by atoms with Gasteiger partial charge in [0.05, 0.1) is 5.69 Å². The van der Waals surface area contributed by atoms with E-state index in [1.54, 1.807) is 0 Å². The van der Waals surface area contributed by atoms with E-state index in [0.717, 1.165) is 23.9 Å². The van der Waals surface area contributed by atoms with Crippen LogP contribution < -0.4 is 5.73 Å². The van der Waals surface area contributed by atoms with E-state index in [1.165, 1.54) is 11.0 Å². The first kappa shape index (κ1) is 11.8. The van der Waals surface area contributed by atoms with Crippen LogP contribution in [0.4, 0.5) is 0 Å². The molecule has 2 N–H and O–H groups in total. The highest BCUT2D eigenvalue weighted by molar-refractivity contribution is 5.84. The van der Waals surface area contributed by atoms with Crippen molar-refractivity contribution in [2.45, 2.75) is 25.8 Å². The molecule has 0 aliphatic carbocycles. The Morgan fingerprint density at radius 1 is 1.35 bits per heavy atom. The van der Waals surface area contributed by atoms with Crippen LogP contribution in [0.2, 0.25) is 0 Å². The van der Waals surface area contributed by atoms with Crippen LogP contribution in [0.3, 0.4) is 0 Å². The van der Waals surface area contributed by atoms with Crippen LogP contribution in [0.5, 0.6) is 0 Å². The maximum atomic E-state index is 6.21. The lowest BCUT2D eigenvalue weighted by molar-refractivity contribution is 0.637. The third-order valence-corrected chi connectivity index (χ3v) is 2.94. The standard InChI is InChI=1S/C15H18N2/c1-11(2)7-8-14(16)15-13-6-4-3-5-12(13)9-10-17-15/h3-6,9-10,14H,1,7-8,16H2,2H3. The number of nitrogens with zero attached hydrogens (tertiary/aromatic N) is 1. The van der Waals surface area contributed by atoms with Gasteiger partial charge >= 0.3 is 0 Å². The van der Waals surface area contributed by atoms with Gasteiger partial charge in [0.25, 0.3) is 0 Å². The lowest BCUT2D eigenvalue weighted by atomic mass is 10.0. The zero-order valence-electron chi connectivity index (χ0n) is 10.2. The fourth-order valence-corrected chi connectivity index (χ4v) is 1.98. The minimum Gasteiger partial charge on any atom is -0.323 e. The number of allylic oxidation sites excluding steroid dienone is 1. The van der Waals surface area contributed by atoms with Crippen molar-refractivity contribution >= 4 is 10.8 Å². The van der Waals surface area contributed by atoms with Gasteiger partial charge in [-0.05, 0) is 31.2 Å².